The van der Waals surface area contributed by atoms with Crippen LogP contribution >= 0.6 is 0 Å². The minimum atomic E-state index is 0.233. The van der Waals surface area contributed by atoms with E-state index in [0.717, 1.165) is 71.2 Å². The predicted octanol–water partition coefficient (Wildman–Crippen LogP) is 1.83. The molecule has 1 saturated carbocycles. The second kappa shape index (κ2) is 11.5. The molecule has 1 heterocycles. The van der Waals surface area contributed by atoms with E-state index in [4.69, 9.17) is 5.73 Å². The van der Waals surface area contributed by atoms with Crippen LogP contribution in [0.3, 0.4) is 0 Å². The molecule has 1 aliphatic carbocycles. The number of piperazine rings is 1. The van der Waals surface area contributed by atoms with Gasteiger partial charge in [-0.05, 0) is 32.2 Å². The first-order chi connectivity index (χ1) is 12.6. The zero-order valence-corrected chi connectivity index (χ0v) is 16.6. The van der Waals surface area contributed by atoms with Crippen LogP contribution in [-0.2, 0) is 9.59 Å². The number of unbranched alkanes of at least 4 members (excludes halogenated alkanes) is 3. The third-order valence-electron chi connectivity index (χ3n) is 5.94. The van der Waals surface area contributed by atoms with E-state index in [2.05, 4.69) is 4.90 Å². The van der Waals surface area contributed by atoms with Crippen molar-refractivity contribution >= 4 is 11.8 Å². The number of rotatable bonds is 9. The number of amides is 2. The SMILES string of the molecule is CN(C(=O)CN1CCN(C(=O)CCCCCCN)CC1)C1CCCCC1. The predicted molar refractivity (Wildman–Crippen MR) is 105 cm³/mol. The highest BCUT2D eigenvalue weighted by molar-refractivity contribution is 5.78. The molecule has 2 N–H and O–H groups in total. The average molecular weight is 367 g/mol. The molecule has 0 spiro atoms. The quantitative estimate of drug-likeness (QED) is 0.632. The Morgan fingerprint density at radius 1 is 0.962 bits per heavy atom. The molecule has 26 heavy (non-hydrogen) atoms. The Morgan fingerprint density at radius 3 is 2.27 bits per heavy atom. The van der Waals surface area contributed by atoms with Gasteiger partial charge in [-0.15, -0.1) is 0 Å². The summed E-state index contributed by atoms with van der Waals surface area (Å²) >= 11 is 0. The third-order valence-corrected chi connectivity index (χ3v) is 5.94. The second-order valence-electron chi connectivity index (χ2n) is 7.91. The van der Waals surface area contributed by atoms with Crippen LogP contribution in [0.4, 0.5) is 0 Å². The fourth-order valence-electron chi connectivity index (χ4n) is 4.06. The van der Waals surface area contributed by atoms with Crippen molar-refractivity contribution < 1.29 is 9.59 Å². The fourth-order valence-corrected chi connectivity index (χ4v) is 4.06. The molecule has 0 aromatic carbocycles. The van der Waals surface area contributed by atoms with E-state index in [0.29, 0.717) is 19.0 Å². The van der Waals surface area contributed by atoms with E-state index >= 15 is 0 Å². The molecule has 0 atom stereocenters. The van der Waals surface area contributed by atoms with Gasteiger partial charge in [0, 0.05) is 45.7 Å². The van der Waals surface area contributed by atoms with E-state index < -0.39 is 0 Å². The van der Waals surface area contributed by atoms with Crippen molar-refractivity contribution in [3.05, 3.63) is 0 Å². The van der Waals surface area contributed by atoms with Gasteiger partial charge >= 0.3 is 0 Å². The first kappa shape index (κ1) is 21.2. The molecule has 2 amide bonds. The number of hydrogen-bond donors (Lipinski definition) is 1. The van der Waals surface area contributed by atoms with Crippen molar-refractivity contribution in [2.24, 2.45) is 5.73 Å². The molecule has 2 aliphatic rings. The van der Waals surface area contributed by atoms with Gasteiger partial charge in [0.25, 0.3) is 0 Å². The monoisotopic (exact) mass is 366 g/mol. The summed E-state index contributed by atoms with van der Waals surface area (Å²) in [5.41, 5.74) is 5.49. The van der Waals surface area contributed by atoms with Gasteiger partial charge in [-0.3, -0.25) is 14.5 Å². The average Bonchev–Trinajstić information content (AvgIpc) is 2.68. The van der Waals surface area contributed by atoms with Gasteiger partial charge in [-0.25, -0.2) is 0 Å². The summed E-state index contributed by atoms with van der Waals surface area (Å²) in [7, 11) is 1.96. The van der Waals surface area contributed by atoms with E-state index in [1.54, 1.807) is 0 Å². The Bertz CT molecular complexity index is 430. The molecule has 0 aromatic heterocycles. The Kier molecular flexibility index (Phi) is 9.40. The highest BCUT2D eigenvalue weighted by Crippen LogP contribution is 2.21. The van der Waals surface area contributed by atoms with Crippen LogP contribution in [0.1, 0.15) is 64.2 Å². The highest BCUT2D eigenvalue weighted by atomic mass is 16.2. The lowest BCUT2D eigenvalue weighted by Gasteiger charge is -2.37. The van der Waals surface area contributed by atoms with Gasteiger partial charge in [0.15, 0.2) is 0 Å². The summed E-state index contributed by atoms with van der Waals surface area (Å²) in [5, 5.41) is 0. The lowest BCUT2D eigenvalue weighted by Crippen LogP contribution is -2.52. The molecule has 6 nitrogen and oxygen atoms in total. The maximum atomic E-state index is 12.5. The zero-order chi connectivity index (χ0) is 18.8. The maximum Gasteiger partial charge on any atom is 0.236 e. The summed E-state index contributed by atoms with van der Waals surface area (Å²) < 4.78 is 0. The summed E-state index contributed by atoms with van der Waals surface area (Å²) in [4.78, 5) is 31.0. The van der Waals surface area contributed by atoms with Crippen molar-refractivity contribution in [3.63, 3.8) is 0 Å². The molecule has 0 bridgehead atoms. The Hall–Kier alpha value is -1.14. The van der Waals surface area contributed by atoms with Crippen LogP contribution in [-0.4, -0.2) is 78.9 Å². The first-order valence-electron chi connectivity index (χ1n) is 10.6. The third kappa shape index (κ3) is 6.88. The summed E-state index contributed by atoms with van der Waals surface area (Å²) in [6.07, 6.45) is 11.0. The van der Waals surface area contributed by atoms with E-state index in [1.165, 1.54) is 19.3 Å². The number of carbonyl (C=O) groups excluding carboxylic acids is 2. The molecule has 1 saturated heterocycles. The molecule has 150 valence electrons. The number of hydrogen-bond acceptors (Lipinski definition) is 4. The van der Waals surface area contributed by atoms with Crippen molar-refractivity contribution in [2.75, 3.05) is 46.3 Å². The maximum absolute atomic E-state index is 12.5. The standard InChI is InChI=1S/C20H38N4O2/c1-22(18-9-5-4-6-10-18)20(26)17-23-13-15-24(16-14-23)19(25)11-7-2-3-8-12-21/h18H,2-17,21H2,1H3. The van der Waals surface area contributed by atoms with Crippen LogP contribution in [0.15, 0.2) is 0 Å². The number of nitrogens with zero attached hydrogens (tertiary/aromatic N) is 3. The molecule has 0 aromatic rings. The fraction of sp³-hybridized carbons (Fsp3) is 0.900. The first-order valence-corrected chi connectivity index (χ1v) is 10.6. The zero-order valence-electron chi connectivity index (χ0n) is 16.6. The molecule has 2 fully saturated rings. The van der Waals surface area contributed by atoms with Gasteiger partial charge in [0.05, 0.1) is 6.54 Å². The summed E-state index contributed by atoms with van der Waals surface area (Å²) in [5.74, 6) is 0.500. The minimum absolute atomic E-state index is 0.233. The molecule has 6 heteroatoms. The van der Waals surface area contributed by atoms with Gasteiger partial charge in [-0.1, -0.05) is 32.1 Å². The second-order valence-corrected chi connectivity index (χ2v) is 7.91. The van der Waals surface area contributed by atoms with Crippen LogP contribution in [0, 0.1) is 0 Å². The van der Waals surface area contributed by atoms with Crippen LogP contribution < -0.4 is 5.73 Å². The number of nitrogens with two attached hydrogens (primary N) is 1. The Balaban J connectivity index is 1.62. The number of likely N-dealkylation sites (N-methyl/N-ethyl adjacent to an activating group) is 1. The summed E-state index contributed by atoms with van der Waals surface area (Å²) in [6.45, 7) is 4.36. The van der Waals surface area contributed by atoms with Gasteiger partial charge in [-0.2, -0.15) is 0 Å². The normalized spacial score (nSPS) is 19.5. The molecular formula is C20H38N4O2. The van der Waals surface area contributed by atoms with E-state index in [-0.39, 0.29) is 11.8 Å². The van der Waals surface area contributed by atoms with Crippen molar-refractivity contribution in [3.8, 4) is 0 Å². The Labute approximate surface area is 159 Å². The van der Waals surface area contributed by atoms with Crippen molar-refractivity contribution in [1.82, 2.24) is 14.7 Å². The topological polar surface area (TPSA) is 69.9 Å². The van der Waals surface area contributed by atoms with Gasteiger partial charge in [0.2, 0.25) is 11.8 Å². The lowest BCUT2D eigenvalue weighted by atomic mass is 9.94. The molecular weight excluding hydrogens is 328 g/mol. The van der Waals surface area contributed by atoms with Gasteiger partial charge in [0.1, 0.15) is 0 Å². The van der Waals surface area contributed by atoms with Crippen LogP contribution in [0.5, 0.6) is 0 Å². The highest BCUT2D eigenvalue weighted by Gasteiger charge is 2.26. The van der Waals surface area contributed by atoms with Gasteiger partial charge < -0.3 is 15.5 Å². The smallest absolute Gasteiger partial charge is 0.236 e. The number of carbonyl (C=O) groups is 2. The van der Waals surface area contributed by atoms with Crippen molar-refractivity contribution in [2.45, 2.75) is 70.3 Å². The molecule has 2 rings (SSSR count). The molecule has 1 aliphatic heterocycles. The van der Waals surface area contributed by atoms with E-state index in [1.807, 2.05) is 16.8 Å². The minimum Gasteiger partial charge on any atom is -0.342 e. The largest absolute Gasteiger partial charge is 0.342 e. The van der Waals surface area contributed by atoms with Crippen LogP contribution in [0.25, 0.3) is 0 Å². The van der Waals surface area contributed by atoms with Crippen molar-refractivity contribution in [1.29, 1.82) is 0 Å². The Morgan fingerprint density at radius 2 is 1.62 bits per heavy atom. The summed E-state index contributed by atoms with van der Waals surface area (Å²) in [6, 6.07) is 0.429. The van der Waals surface area contributed by atoms with Crippen LogP contribution in [0.2, 0.25) is 0 Å². The van der Waals surface area contributed by atoms with E-state index in [9.17, 15) is 9.59 Å². The molecule has 0 unspecified atom stereocenters. The molecule has 0 radical (unpaired) electrons. The lowest BCUT2D eigenvalue weighted by molar-refractivity contribution is -0.136.